The van der Waals surface area contributed by atoms with Crippen molar-refractivity contribution in [2.45, 2.75) is 0 Å². The monoisotopic (exact) mass is 224 g/mol. The molecule has 0 atom stereocenters. The quantitative estimate of drug-likeness (QED) is 0.527. The summed E-state index contributed by atoms with van der Waals surface area (Å²) >= 11 is 0.847. The van der Waals surface area contributed by atoms with Crippen LogP contribution < -0.4 is 4.74 Å². The van der Waals surface area contributed by atoms with Gasteiger partial charge in [0.1, 0.15) is 0 Å². The van der Waals surface area contributed by atoms with Crippen LogP contribution in [0, 0.1) is 11.9 Å². The molecule has 0 unspecified atom stereocenters. The second kappa shape index (κ2) is 6.57. The zero-order valence-corrected chi connectivity index (χ0v) is 9.83. The maximum absolute atomic E-state index is 12.4. The Morgan fingerprint density at radius 2 is 2.27 bits per heavy atom. The Labute approximate surface area is 79.2 Å². The van der Waals surface area contributed by atoms with E-state index in [1.165, 1.54) is 19.2 Å². The average Bonchev–Trinajstić information content (AvgIpc) is 2.09. The summed E-state index contributed by atoms with van der Waals surface area (Å²) in [5.41, 5.74) is 0. The number of methoxy groups -OCH3 is 1. The van der Waals surface area contributed by atoms with Gasteiger partial charge in [-0.15, -0.1) is 12.1 Å². The third kappa shape index (κ3) is 3.69. The molecule has 1 rings (SSSR count). The zero-order valence-electron chi connectivity index (χ0n) is 6.10. The molecule has 0 radical (unpaired) electrons. The van der Waals surface area contributed by atoms with E-state index < -0.39 is 0 Å². The van der Waals surface area contributed by atoms with Crippen molar-refractivity contribution in [2.24, 2.45) is 0 Å². The van der Waals surface area contributed by atoms with E-state index in [2.05, 4.69) is 10.8 Å². The Hall–Kier alpha value is -0.137. The molecule has 4 heteroatoms. The third-order valence-corrected chi connectivity index (χ3v) is 0.996. The number of hydrogen-bond donors (Lipinski definition) is 0. The maximum atomic E-state index is 12.4. The SMILES string of the molecule is COc1cc[c-]cc1F.[Cl][Zn+]. The van der Waals surface area contributed by atoms with Crippen LogP contribution in [-0.4, -0.2) is 7.11 Å². The molecule has 1 aromatic rings. The molecule has 0 N–H and O–H groups in total. The van der Waals surface area contributed by atoms with Crippen molar-refractivity contribution in [3.63, 3.8) is 0 Å². The minimum atomic E-state index is -0.375. The topological polar surface area (TPSA) is 9.23 Å². The van der Waals surface area contributed by atoms with Gasteiger partial charge in [0.15, 0.2) is 0 Å². The summed E-state index contributed by atoms with van der Waals surface area (Å²) in [5.74, 6) is -0.117. The van der Waals surface area contributed by atoms with E-state index in [1.807, 2.05) is 0 Å². The minimum absolute atomic E-state index is 0.258. The molecule has 0 spiro atoms. The Balaban J connectivity index is 0.000000461. The van der Waals surface area contributed by atoms with Crippen molar-refractivity contribution in [1.29, 1.82) is 0 Å². The van der Waals surface area contributed by atoms with Gasteiger partial charge in [-0.25, -0.2) is 0 Å². The molecule has 0 aliphatic carbocycles. The average molecular weight is 226 g/mol. The van der Waals surface area contributed by atoms with Crippen LogP contribution >= 0.6 is 9.69 Å². The van der Waals surface area contributed by atoms with Crippen molar-refractivity contribution in [2.75, 3.05) is 7.11 Å². The van der Waals surface area contributed by atoms with Crippen LogP contribution in [0.4, 0.5) is 4.39 Å². The van der Waals surface area contributed by atoms with Gasteiger partial charge >= 0.3 is 27.0 Å². The summed E-state index contributed by atoms with van der Waals surface area (Å²) in [6.45, 7) is 0. The molecule has 1 aromatic carbocycles. The molecule has 0 aromatic heterocycles. The van der Waals surface area contributed by atoms with Gasteiger partial charge < -0.3 is 4.74 Å². The van der Waals surface area contributed by atoms with Crippen molar-refractivity contribution in [3.8, 4) is 5.75 Å². The molecule has 0 amide bonds. The van der Waals surface area contributed by atoms with Crippen LogP contribution in [0.1, 0.15) is 0 Å². The van der Waals surface area contributed by atoms with Gasteiger partial charge in [-0.1, -0.05) is 0 Å². The van der Waals surface area contributed by atoms with Crippen LogP contribution in [-0.2, 0) is 17.3 Å². The van der Waals surface area contributed by atoms with E-state index >= 15 is 0 Å². The van der Waals surface area contributed by atoms with Crippen molar-refractivity contribution in [3.05, 3.63) is 30.1 Å². The molecule has 0 bridgehead atoms. The summed E-state index contributed by atoms with van der Waals surface area (Å²) in [4.78, 5) is 0. The number of hydrogen-bond acceptors (Lipinski definition) is 1. The number of benzene rings is 1. The fourth-order valence-corrected chi connectivity index (χ4v) is 0.561. The van der Waals surface area contributed by atoms with Gasteiger partial charge in [0, 0.05) is 11.6 Å². The molecule has 0 heterocycles. The standard InChI is InChI=1S/C7H6FO.ClH.Zn/c1-9-7-5-3-2-4-6(7)8;;/h3-5H,1H3;1H;/q-1;;+2/p-1. The van der Waals surface area contributed by atoms with Crippen molar-refractivity contribution < 1.29 is 26.4 Å². The van der Waals surface area contributed by atoms with E-state index in [1.54, 1.807) is 6.07 Å². The first-order valence-electron chi connectivity index (χ1n) is 2.81. The molecule has 0 fully saturated rings. The molecular weight excluding hydrogens is 220 g/mol. The molecule has 56 valence electrons. The first-order chi connectivity index (χ1) is 5.34. The predicted octanol–water partition coefficient (Wildman–Crippen LogP) is 2.32. The Kier molecular flexibility index (Phi) is 6.48. The van der Waals surface area contributed by atoms with Crippen LogP contribution in [0.25, 0.3) is 0 Å². The Morgan fingerprint density at radius 1 is 1.64 bits per heavy atom. The normalized spacial score (nSPS) is 8.09. The second-order valence-corrected chi connectivity index (χ2v) is 1.56. The van der Waals surface area contributed by atoms with E-state index in [4.69, 9.17) is 9.69 Å². The summed E-state index contributed by atoms with van der Waals surface area (Å²) in [6, 6.07) is 6.94. The van der Waals surface area contributed by atoms with Crippen LogP contribution in [0.3, 0.4) is 0 Å². The Bertz CT molecular complexity index is 207. The molecule has 0 saturated heterocycles. The van der Waals surface area contributed by atoms with Crippen LogP contribution in [0.5, 0.6) is 5.75 Å². The molecule has 0 saturated carbocycles. The third-order valence-electron chi connectivity index (χ3n) is 0.996. The van der Waals surface area contributed by atoms with Gasteiger partial charge in [-0.05, 0) is 0 Å². The first-order valence-corrected chi connectivity index (χ1v) is 6.71. The van der Waals surface area contributed by atoms with Gasteiger partial charge in [0.05, 0.1) is 7.11 Å². The van der Waals surface area contributed by atoms with E-state index in [0.29, 0.717) is 0 Å². The van der Waals surface area contributed by atoms with Gasteiger partial charge in [-0.3, -0.25) is 4.39 Å². The molecule has 0 aliphatic heterocycles. The summed E-state index contributed by atoms with van der Waals surface area (Å²) in [7, 11) is 6.19. The van der Waals surface area contributed by atoms with Crippen molar-refractivity contribution in [1.82, 2.24) is 0 Å². The zero-order chi connectivity index (χ0) is 8.69. The van der Waals surface area contributed by atoms with Crippen LogP contribution in [0.2, 0.25) is 0 Å². The van der Waals surface area contributed by atoms with Gasteiger partial charge in [-0.2, -0.15) is 12.1 Å². The fraction of sp³-hybridized carbons (Fsp3) is 0.143. The first kappa shape index (κ1) is 10.9. The van der Waals surface area contributed by atoms with Gasteiger partial charge in [0.25, 0.3) is 0 Å². The number of halogens is 2. The molecular formula is C7H6ClFOZn. The predicted molar refractivity (Wildman–Crippen MR) is 37.6 cm³/mol. The molecule has 1 nitrogen and oxygen atoms in total. The van der Waals surface area contributed by atoms with Crippen molar-refractivity contribution >= 4 is 9.69 Å². The second-order valence-electron chi connectivity index (χ2n) is 1.56. The number of rotatable bonds is 1. The van der Waals surface area contributed by atoms with Crippen LogP contribution in [0.15, 0.2) is 18.2 Å². The van der Waals surface area contributed by atoms with E-state index in [-0.39, 0.29) is 11.6 Å². The summed E-state index contributed by atoms with van der Waals surface area (Å²) in [6.07, 6.45) is 0. The molecule has 11 heavy (non-hydrogen) atoms. The summed E-state index contributed by atoms with van der Waals surface area (Å²) < 4.78 is 17.1. The Morgan fingerprint density at radius 3 is 2.64 bits per heavy atom. The molecule has 0 aliphatic rings. The van der Waals surface area contributed by atoms with E-state index in [0.717, 1.165) is 17.3 Å². The van der Waals surface area contributed by atoms with Gasteiger partial charge in [0.2, 0.25) is 0 Å². The summed E-state index contributed by atoms with van der Waals surface area (Å²) in [5, 5.41) is 0. The fourth-order valence-electron chi connectivity index (χ4n) is 0.561. The number of ether oxygens (including phenoxy) is 1. The van der Waals surface area contributed by atoms with E-state index in [9.17, 15) is 4.39 Å².